The van der Waals surface area contributed by atoms with E-state index in [-0.39, 0.29) is 0 Å². The molecule has 2 unspecified atom stereocenters. The van der Waals surface area contributed by atoms with Gasteiger partial charge in [-0.05, 0) is 24.6 Å². The van der Waals surface area contributed by atoms with Gasteiger partial charge in [0.2, 0.25) is 0 Å². The van der Waals surface area contributed by atoms with Gasteiger partial charge >= 0.3 is 24.3 Å². The van der Waals surface area contributed by atoms with Crippen LogP contribution < -0.4 is 0 Å². The van der Waals surface area contributed by atoms with Gasteiger partial charge in [-0.25, -0.2) is 9.59 Å². The molecule has 0 amide bonds. The van der Waals surface area contributed by atoms with Crippen molar-refractivity contribution in [1.29, 1.82) is 0 Å². The topological polar surface area (TPSA) is 127 Å². The lowest BCUT2D eigenvalue weighted by molar-refractivity contribution is -0.193. The normalized spacial score (nSPS) is 19.7. The van der Waals surface area contributed by atoms with Gasteiger partial charge in [-0.1, -0.05) is 6.07 Å². The first-order valence-corrected chi connectivity index (χ1v) is 11.2. The second-order valence-electron chi connectivity index (χ2n) is 8.26. The van der Waals surface area contributed by atoms with Gasteiger partial charge in [0.05, 0.1) is 31.2 Å². The summed E-state index contributed by atoms with van der Waals surface area (Å²) in [7, 11) is 0. The van der Waals surface area contributed by atoms with E-state index in [1.165, 1.54) is 5.69 Å². The highest BCUT2D eigenvalue weighted by atomic mass is 19.4. The average Bonchev–Trinajstić information content (AvgIpc) is 3.49. The summed E-state index contributed by atoms with van der Waals surface area (Å²) < 4.78 is 77.1. The molecule has 0 saturated carbocycles. The fraction of sp³-hybridized carbons (Fsp3) is 0.545. The van der Waals surface area contributed by atoms with Crippen LogP contribution in [0, 0.1) is 5.92 Å². The maximum Gasteiger partial charge on any atom is 0.490 e. The number of carboxylic acid groups (broad SMARTS) is 2. The molecule has 1 saturated heterocycles. The SMILES string of the molecule is O=C(O)C(F)(F)F.O=C(O)C(F)(F)F.c1ccc(COCC2CN(C3CCOC3)Cc3ccnn3C2)nc1. The molecule has 38 heavy (non-hydrogen) atoms. The number of hydrogen-bond acceptors (Lipinski definition) is 7. The number of ether oxygens (including phenoxy) is 2. The van der Waals surface area contributed by atoms with Crippen LogP contribution in [0.15, 0.2) is 36.7 Å². The molecule has 16 heteroatoms. The quantitative estimate of drug-likeness (QED) is 0.535. The Kier molecular flexibility index (Phi) is 11.5. The fourth-order valence-corrected chi connectivity index (χ4v) is 3.57. The zero-order chi connectivity index (χ0) is 28.3. The zero-order valence-electron chi connectivity index (χ0n) is 19.9. The van der Waals surface area contributed by atoms with E-state index in [1.54, 1.807) is 0 Å². The van der Waals surface area contributed by atoms with E-state index in [0.717, 1.165) is 51.6 Å². The third kappa shape index (κ3) is 10.6. The largest absolute Gasteiger partial charge is 0.490 e. The van der Waals surface area contributed by atoms with Crippen molar-refractivity contribution in [1.82, 2.24) is 19.7 Å². The van der Waals surface area contributed by atoms with Crippen LogP contribution in [0.25, 0.3) is 0 Å². The molecule has 0 aliphatic carbocycles. The average molecular weight is 556 g/mol. The Morgan fingerprint density at radius 2 is 1.68 bits per heavy atom. The van der Waals surface area contributed by atoms with Crippen molar-refractivity contribution < 1.29 is 55.6 Å². The minimum absolute atomic E-state index is 0.426. The molecule has 212 valence electrons. The number of aromatic nitrogens is 3. The minimum atomic E-state index is -5.08. The Bertz CT molecular complexity index is 988. The Morgan fingerprint density at radius 3 is 2.21 bits per heavy atom. The van der Waals surface area contributed by atoms with Crippen molar-refractivity contribution in [3.05, 3.63) is 48.0 Å². The first-order valence-electron chi connectivity index (χ1n) is 11.2. The number of hydrogen-bond donors (Lipinski definition) is 2. The van der Waals surface area contributed by atoms with Crippen LogP contribution in [-0.2, 0) is 38.8 Å². The molecule has 2 N–H and O–H groups in total. The van der Waals surface area contributed by atoms with Crippen LogP contribution in [0.2, 0.25) is 0 Å². The standard InChI is InChI=1S/C18H24N4O2.2C2HF3O2/c1-2-6-19-16(3-1)13-24-12-15-9-21(18-5-8-23-14-18)11-17-4-7-20-22(17)10-15;2*3-2(4,5)1(6)7/h1-4,6-7,15,18H,5,8-14H2;2*(H,6,7). The Balaban J connectivity index is 0.000000301. The summed E-state index contributed by atoms with van der Waals surface area (Å²) in [5.74, 6) is -5.09. The molecule has 0 bridgehead atoms. The molecular weight excluding hydrogens is 530 g/mol. The molecule has 2 aromatic rings. The van der Waals surface area contributed by atoms with Gasteiger partial charge in [0.15, 0.2) is 0 Å². The first-order chi connectivity index (χ1) is 17.8. The maximum absolute atomic E-state index is 10.6. The molecule has 2 aliphatic heterocycles. The smallest absolute Gasteiger partial charge is 0.475 e. The second kappa shape index (κ2) is 14.1. The molecule has 2 aromatic heterocycles. The van der Waals surface area contributed by atoms with Crippen molar-refractivity contribution in [3.8, 4) is 0 Å². The molecule has 0 aromatic carbocycles. The van der Waals surface area contributed by atoms with Crippen LogP contribution in [0.1, 0.15) is 17.8 Å². The predicted octanol–water partition coefficient (Wildman–Crippen LogP) is 2.98. The van der Waals surface area contributed by atoms with E-state index in [0.29, 0.717) is 18.6 Å². The molecule has 10 nitrogen and oxygen atoms in total. The van der Waals surface area contributed by atoms with Gasteiger partial charge in [0, 0.05) is 50.6 Å². The van der Waals surface area contributed by atoms with E-state index < -0.39 is 24.3 Å². The molecular formula is C22H26F6N4O6. The van der Waals surface area contributed by atoms with Crippen molar-refractivity contribution >= 4 is 11.9 Å². The van der Waals surface area contributed by atoms with Crippen molar-refractivity contribution in [3.63, 3.8) is 0 Å². The number of fused-ring (bicyclic) bond motifs is 1. The van der Waals surface area contributed by atoms with Crippen LogP contribution >= 0.6 is 0 Å². The highest BCUT2D eigenvalue weighted by molar-refractivity contribution is 5.73. The number of pyridine rings is 1. The van der Waals surface area contributed by atoms with Crippen LogP contribution in [-0.4, -0.2) is 86.6 Å². The molecule has 0 radical (unpaired) electrons. The van der Waals surface area contributed by atoms with Gasteiger partial charge in [-0.2, -0.15) is 31.4 Å². The van der Waals surface area contributed by atoms with Crippen molar-refractivity contribution in [2.75, 3.05) is 26.4 Å². The summed E-state index contributed by atoms with van der Waals surface area (Å²) in [6.07, 6.45) is -5.34. The first kappa shape index (κ1) is 31.0. The van der Waals surface area contributed by atoms with E-state index >= 15 is 0 Å². The van der Waals surface area contributed by atoms with Gasteiger partial charge in [-0.15, -0.1) is 0 Å². The lowest BCUT2D eigenvalue weighted by Crippen LogP contribution is -2.38. The van der Waals surface area contributed by atoms with Crippen molar-refractivity contribution in [2.45, 2.75) is 44.5 Å². The minimum Gasteiger partial charge on any atom is -0.475 e. The second-order valence-corrected chi connectivity index (χ2v) is 8.26. The van der Waals surface area contributed by atoms with E-state index in [4.69, 9.17) is 29.3 Å². The van der Waals surface area contributed by atoms with Gasteiger partial charge in [0.1, 0.15) is 0 Å². The molecule has 2 aliphatic rings. The Hall–Kier alpha value is -3.24. The number of halogens is 6. The number of alkyl halides is 6. The third-order valence-corrected chi connectivity index (χ3v) is 5.33. The van der Waals surface area contributed by atoms with Crippen LogP contribution in [0.5, 0.6) is 0 Å². The molecule has 1 fully saturated rings. The molecule has 2 atom stereocenters. The van der Waals surface area contributed by atoms with Crippen LogP contribution in [0.4, 0.5) is 26.3 Å². The monoisotopic (exact) mass is 556 g/mol. The summed E-state index contributed by atoms with van der Waals surface area (Å²) in [4.78, 5) is 24.7. The van der Waals surface area contributed by atoms with Crippen LogP contribution in [0.3, 0.4) is 0 Å². The molecule has 0 spiro atoms. The summed E-state index contributed by atoms with van der Waals surface area (Å²) in [5.41, 5.74) is 2.26. The summed E-state index contributed by atoms with van der Waals surface area (Å²) in [6.45, 7) is 5.89. The van der Waals surface area contributed by atoms with E-state index in [9.17, 15) is 26.3 Å². The molecule has 4 heterocycles. The number of aliphatic carboxylic acids is 2. The van der Waals surface area contributed by atoms with Gasteiger partial charge in [0.25, 0.3) is 0 Å². The fourth-order valence-electron chi connectivity index (χ4n) is 3.57. The van der Waals surface area contributed by atoms with Crippen molar-refractivity contribution in [2.24, 2.45) is 5.92 Å². The highest BCUT2D eigenvalue weighted by Crippen LogP contribution is 2.22. The van der Waals surface area contributed by atoms with Gasteiger partial charge < -0.3 is 19.7 Å². The number of carboxylic acids is 2. The van der Waals surface area contributed by atoms with Gasteiger partial charge in [-0.3, -0.25) is 14.6 Å². The summed E-state index contributed by atoms with van der Waals surface area (Å²) in [6, 6.07) is 8.57. The number of rotatable bonds is 5. The Labute approximate surface area is 212 Å². The zero-order valence-corrected chi connectivity index (χ0v) is 19.9. The predicted molar refractivity (Wildman–Crippen MR) is 117 cm³/mol. The maximum atomic E-state index is 10.6. The number of carbonyl (C=O) groups is 2. The highest BCUT2D eigenvalue weighted by Gasteiger charge is 2.39. The Morgan fingerprint density at radius 1 is 1.03 bits per heavy atom. The lowest BCUT2D eigenvalue weighted by Gasteiger charge is -2.28. The summed E-state index contributed by atoms with van der Waals surface area (Å²) >= 11 is 0. The third-order valence-electron chi connectivity index (χ3n) is 5.33. The molecule has 4 rings (SSSR count). The lowest BCUT2D eigenvalue weighted by atomic mass is 10.1. The summed E-state index contributed by atoms with van der Waals surface area (Å²) in [5, 5.41) is 18.7. The number of nitrogens with zero attached hydrogens (tertiary/aromatic N) is 4. The van der Waals surface area contributed by atoms with E-state index in [2.05, 4.69) is 25.7 Å². The van der Waals surface area contributed by atoms with E-state index in [1.807, 2.05) is 30.6 Å².